The zero-order valence-electron chi connectivity index (χ0n) is 19.9. The molecule has 0 aliphatic carbocycles. The summed E-state index contributed by atoms with van der Waals surface area (Å²) in [6.45, 7) is 3.19. The Labute approximate surface area is 205 Å². The summed E-state index contributed by atoms with van der Waals surface area (Å²) in [6.07, 6.45) is 0.991. The molecule has 2 aromatic rings. The standard InChI is InChI=1S/C23H30ClN3O6S/c1-6-25-23(29)16(2)26(14-17-9-7-8-10-19(17)24)22(28)15-27(34(5,30)31)20-13-18(32-3)11-12-21(20)33-4/h7-13,16H,6,14-15H2,1-5H3,(H,25,29)/t16-/m0/s1. The average Bonchev–Trinajstić information content (AvgIpc) is 2.80. The average molecular weight is 512 g/mol. The lowest BCUT2D eigenvalue weighted by atomic mass is 10.1. The number of methoxy groups -OCH3 is 2. The first-order chi connectivity index (χ1) is 16.0. The van der Waals surface area contributed by atoms with Gasteiger partial charge in [-0.1, -0.05) is 29.8 Å². The van der Waals surface area contributed by atoms with E-state index in [9.17, 15) is 18.0 Å². The second-order valence-electron chi connectivity index (χ2n) is 7.49. The van der Waals surface area contributed by atoms with Crippen LogP contribution in [0.3, 0.4) is 0 Å². The van der Waals surface area contributed by atoms with Crippen molar-refractivity contribution in [3.8, 4) is 11.5 Å². The number of sulfonamides is 1. The Bertz CT molecular complexity index is 1130. The number of carbonyl (C=O) groups is 2. The van der Waals surface area contributed by atoms with Gasteiger partial charge in [0.2, 0.25) is 21.8 Å². The molecule has 0 aliphatic heterocycles. The van der Waals surface area contributed by atoms with E-state index >= 15 is 0 Å². The molecule has 0 unspecified atom stereocenters. The number of hydrogen-bond donors (Lipinski definition) is 1. The summed E-state index contributed by atoms with van der Waals surface area (Å²) in [5.41, 5.74) is 0.764. The Morgan fingerprint density at radius 2 is 1.79 bits per heavy atom. The first-order valence-electron chi connectivity index (χ1n) is 10.5. The van der Waals surface area contributed by atoms with E-state index in [2.05, 4.69) is 5.32 Å². The van der Waals surface area contributed by atoms with Gasteiger partial charge in [-0.2, -0.15) is 0 Å². The van der Waals surface area contributed by atoms with Crippen molar-refractivity contribution in [3.63, 3.8) is 0 Å². The van der Waals surface area contributed by atoms with Crippen LogP contribution in [0.4, 0.5) is 5.69 Å². The van der Waals surface area contributed by atoms with Gasteiger partial charge < -0.3 is 19.7 Å². The highest BCUT2D eigenvalue weighted by Gasteiger charge is 2.31. The smallest absolute Gasteiger partial charge is 0.244 e. The van der Waals surface area contributed by atoms with E-state index in [4.69, 9.17) is 21.1 Å². The van der Waals surface area contributed by atoms with Crippen LogP contribution in [-0.2, 0) is 26.2 Å². The number of halogens is 1. The number of benzene rings is 2. The van der Waals surface area contributed by atoms with Crippen molar-refractivity contribution in [1.82, 2.24) is 10.2 Å². The summed E-state index contributed by atoms with van der Waals surface area (Å²) in [6, 6.07) is 10.7. The number of amides is 2. The molecule has 0 radical (unpaired) electrons. The van der Waals surface area contributed by atoms with Gasteiger partial charge in [0.15, 0.2) is 0 Å². The number of rotatable bonds is 11. The molecular formula is C23H30ClN3O6S. The van der Waals surface area contributed by atoms with Crippen molar-refractivity contribution in [2.45, 2.75) is 26.4 Å². The number of hydrogen-bond acceptors (Lipinski definition) is 6. The Morgan fingerprint density at radius 1 is 1.12 bits per heavy atom. The molecule has 1 atom stereocenters. The van der Waals surface area contributed by atoms with E-state index in [1.165, 1.54) is 25.2 Å². The minimum absolute atomic E-state index is 0.0175. The molecule has 186 valence electrons. The lowest BCUT2D eigenvalue weighted by Crippen LogP contribution is -2.51. The van der Waals surface area contributed by atoms with E-state index < -0.39 is 28.5 Å². The summed E-state index contributed by atoms with van der Waals surface area (Å²) in [4.78, 5) is 27.4. The molecule has 2 amide bonds. The Hall–Kier alpha value is -2.98. The highest BCUT2D eigenvalue weighted by molar-refractivity contribution is 7.92. The number of ether oxygens (including phenoxy) is 2. The first-order valence-corrected chi connectivity index (χ1v) is 12.8. The molecule has 0 spiro atoms. The van der Waals surface area contributed by atoms with Crippen LogP contribution in [0.25, 0.3) is 0 Å². The van der Waals surface area contributed by atoms with Gasteiger partial charge in [-0.3, -0.25) is 13.9 Å². The number of anilines is 1. The molecule has 34 heavy (non-hydrogen) atoms. The van der Waals surface area contributed by atoms with E-state index in [0.29, 0.717) is 22.9 Å². The fraction of sp³-hybridized carbons (Fsp3) is 0.391. The van der Waals surface area contributed by atoms with Gasteiger partial charge in [0.05, 0.1) is 26.2 Å². The number of nitrogens with zero attached hydrogens (tertiary/aromatic N) is 2. The van der Waals surface area contributed by atoms with E-state index in [1.54, 1.807) is 50.2 Å². The fourth-order valence-corrected chi connectivity index (χ4v) is 4.34. The molecule has 11 heteroatoms. The fourth-order valence-electron chi connectivity index (χ4n) is 3.30. The van der Waals surface area contributed by atoms with Crippen molar-refractivity contribution >= 4 is 39.1 Å². The lowest BCUT2D eigenvalue weighted by Gasteiger charge is -2.32. The van der Waals surface area contributed by atoms with Crippen LogP contribution < -0.4 is 19.1 Å². The van der Waals surface area contributed by atoms with Crippen LogP contribution >= 0.6 is 11.6 Å². The predicted molar refractivity (Wildman–Crippen MR) is 132 cm³/mol. The normalized spacial score (nSPS) is 11.9. The molecular weight excluding hydrogens is 482 g/mol. The molecule has 2 aromatic carbocycles. The van der Waals surface area contributed by atoms with Crippen molar-refractivity contribution < 1.29 is 27.5 Å². The van der Waals surface area contributed by atoms with Gasteiger partial charge in [0.25, 0.3) is 0 Å². The third-order valence-electron chi connectivity index (χ3n) is 5.15. The SMILES string of the molecule is CCNC(=O)[C@H](C)N(Cc1ccccc1Cl)C(=O)CN(c1cc(OC)ccc1OC)S(C)(=O)=O. The van der Waals surface area contributed by atoms with Crippen LogP contribution in [0.15, 0.2) is 42.5 Å². The van der Waals surface area contributed by atoms with Gasteiger partial charge in [0.1, 0.15) is 24.1 Å². The van der Waals surface area contributed by atoms with Gasteiger partial charge in [-0.25, -0.2) is 8.42 Å². The number of carbonyl (C=O) groups excluding carboxylic acids is 2. The van der Waals surface area contributed by atoms with Gasteiger partial charge in [0, 0.05) is 24.2 Å². The molecule has 9 nitrogen and oxygen atoms in total. The molecule has 2 rings (SSSR count). The second kappa shape index (κ2) is 11.9. The minimum Gasteiger partial charge on any atom is -0.497 e. The monoisotopic (exact) mass is 511 g/mol. The van der Waals surface area contributed by atoms with E-state index in [1.807, 2.05) is 0 Å². The van der Waals surface area contributed by atoms with E-state index in [0.717, 1.165) is 10.6 Å². The van der Waals surface area contributed by atoms with Crippen LogP contribution in [0.1, 0.15) is 19.4 Å². The molecule has 0 aliphatic rings. The van der Waals surface area contributed by atoms with E-state index in [-0.39, 0.29) is 23.9 Å². The van der Waals surface area contributed by atoms with Crippen molar-refractivity contribution in [1.29, 1.82) is 0 Å². The molecule has 0 heterocycles. The van der Waals surface area contributed by atoms with Gasteiger partial charge >= 0.3 is 0 Å². The molecule has 0 fully saturated rings. The lowest BCUT2D eigenvalue weighted by molar-refractivity contribution is -0.139. The van der Waals surface area contributed by atoms with Gasteiger partial charge in [-0.05, 0) is 37.6 Å². The molecule has 1 N–H and O–H groups in total. The first kappa shape index (κ1) is 27.3. The maximum atomic E-state index is 13.5. The maximum Gasteiger partial charge on any atom is 0.244 e. The Morgan fingerprint density at radius 3 is 2.35 bits per heavy atom. The second-order valence-corrected chi connectivity index (χ2v) is 9.81. The number of likely N-dealkylation sites (N-methyl/N-ethyl adjacent to an activating group) is 1. The summed E-state index contributed by atoms with van der Waals surface area (Å²) >= 11 is 6.29. The topological polar surface area (TPSA) is 105 Å². The highest BCUT2D eigenvalue weighted by atomic mass is 35.5. The molecule has 0 saturated carbocycles. The summed E-state index contributed by atoms with van der Waals surface area (Å²) < 4.78 is 36.9. The van der Waals surface area contributed by atoms with Crippen LogP contribution in [0, 0.1) is 0 Å². The summed E-state index contributed by atoms with van der Waals surface area (Å²) in [5, 5.41) is 3.12. The van der Waals surface area contributed by atoms with Gasteiger partial charge in [-0.15, -0.1) is 0 Å². The predicted octanol–water partition coefficient (Wildman–Crippen LogP) is 2.68. The zero-order chi connectivity index (χ0) is 25.5. The number of nitrogens with one attached hydrogen (secondary N) is 1. The maximum absolute atomic E-state index is 13.5. The van der Waals surface area contributed by atoms with Crippen LogP contribution in [-0.4, -0.2) is 64.7 Å². The molecule has 0 bridgehead atoms. The quantitative estimate of drug-likeness (QED) is 0.497. The van der Waals surface area contributed by atoms with Crippen molar-refractivity contribution in [2.75, 3.05) is 37.9 Å². The minimum atomic E-state index is -3.92. The summed E-state index contributed by atoms with van der Waals surface area (Å²) in [7, 11) is -1.08. The van der Waals surface area contributed by atoms with Crippen molar-refractivity contribution in [3.05, 3.63) is 53.1 Å². The molecule has 0 aromatic heterocycles. The third kappa shape index (κ3) is 6.77. The third-order valence-corrected chi connectivity index (χ3v) is 6.65. The van der Waals surface area contributed by atoms with Crippen LogP contribution in [0.5, 0.6) is 11.5 Å². The highest BCUT2D eigenvalue weighted by Crippen LogP contribution is 2.34. The largest absolute Gasteiger partial charge is 0.497 e. The Kier molecular flexibility index (Phi) is 9.57. The molecule has 0 saturated heterocycles. The zero-order valence-corrected chi connectivity index (χ0v) is 21.4. The Balaban J connectivity index is 2.49. The van der Waals surface area contributed by atoms with Crippen LogP contribution in [0.2, 0.25) is 5.02 Å². The summed E-state index contributed by atoms with van der Waals surface area (Å²) in [5.74, 6) is -0.323. The van der Waals surface area contributed by atoms with Crippen molar-refractivity contribution in [2.24, 2.45) is 0 Å².